The van der Waals surface area contributed by atoms with Gasteiger partial charge in [0.25, 0.3) is 0 Å². The van der Waals surface area contributed by atoms with Gasteiger partial charge in [-0.3, -0.25) is 0 Å². The van der Waals surface area contributed by atoms with Gasteiger partial charge in [0.2, 0.25) is 0 Å². The summed E-state index contributed by atoms with van der Waals surface area (Å²) in [5.74, 6) is -0.401. The van der Waals surface area contributed by atoms with E-state index < -0.39 is 5.97 Å². The molecule has 1 rings (SSSR count). The number of ether oxygens (including phenoxy) is 1. The van der Waals surface area contributed by atoms with E-state index >= 15 is 0 Å². The molecule has 0 unspecified atom stereocenters. The van der Waals surface area contributed by atoms with E-state index in [-0.39, 0.29) is 24.8 Å². The summed E-state index contributed by atoms with van der Waals surface area (Å²) in [6.07, 6.45) is 0. The van der Waals surface area contributed by atoms with Gasteiger partial charge < -0.3 is 16.2 Å². The third kappa shape index (κ3) is 4.76. The molecule has 6 heteroatoms. The Kier molecular flexibility index (Phi) is 7.83. The lowest BCUT2D eigenvalue weighted by molar-refractivity contribution is 0.0526. The molecule has 1 aromatic carbocycles. The minimum absolute atomic E-state index is 0. The van der Waals surface area contributed by atoms with Crippen molar-refractivity contribution in [1.29, 1.82) is 0 Å². The lowest BCUT2D eigenvalue weighted by Crippen LogP contribution is -2.06. The Balaban J connectivity index is 0. The van der Waals surface area contributed by atoms with Crippen LogP contribution in [-0.4, -0.2) is 12.6 Å². The molecular formula is C9H14Cl2N2O2. The minimum Gasteiger partial charge on any atom is -0.462 e. The van der Waals surface area contributed by atoms with Crippen molar-refractivity contribution in [2.45, 2.75) is 6.92 Å². The SMILES string of the molecule is CCOC(=O)c1cc(N)cc(N)c1.Cl.Cl. The van der Waals surface area contributed by atoms with Gasteiger partial charge in [-0.05, 0) is 25.1 Å². The zero-order valence-corrected chi connectivity index (χ0v) is 9.86. The monoisotopic (exact) mass is 252 g/mol. The van der Waals surface area contributed by atoms with Crippen LogP contribution in [-0.2, 0) is 4.74 Å². The van der Waals surface area contributed by atoms with Crippen molar-refractivity contribution in [2.75, 3.05) is 18.1 Å². The molecule has 1 aromatic rings. The Labute approximate surface area is 101 Å². The first-order chi connectivity index (χ1) is 6.13. The highest BCUT2D eigenvalue weighted by Crippen LogP contribution is 2.14. The molecule has 4 N–H and O–H groups in total. The Morgan fingerprint density at radius 3 is 2.07 bits per heavy atom. The number of carbonyl (C=O) groups is 1. The van der Waals surface area contributed by atoms with Crippen molar-refractivity contribution in [3.05, 3.63) is 23.8 Å². The summed E-state index contributed by atoms with van der Waals surface area (Å²) in [5.41, 5.74) is 12.3. The fourth-order valence-electron chi connectivity index (χ4n) is 1.01. The lowest BCUT2D eigenvalue weighted by atomic mass is 10.2. The summed E-state index contributed by atoms with van der Waals surface area (Å²) in [7, 11) is 0. The first-order valence-electron chi connectivity index (χ1n) is 3.96. The average Bonchev–Trinajstić information content (AvgIpc) is 2.03. The van der Waals surface area contributed by atoms with Crippen molar-refractivity contribution >= 4 is 42.2 Å². The number of carbonyl (C=O) groups excluding carboxylic acids is 1. The Bertz CT molecular complexity index is 312. The standard InChI is InChI=1S/C9H12N2O2.2ClH/c1-2-13-9(12)6-3-7(10)5-8(11)4-6;;/h3-5H,2,10-11H2,1H3;2*1H. The van der Waals surface area contributed by atoms with Crippen molar-refractivity contribution in [3.8, 4) is 0 Å². The van der Waals surface area contributed by atoms with Crippen LogP contribution in [0.1, 0.15) is 17.3 Å². The Morgan fingerprint density at radius 2 is 1.67 bits per heavy atom. The van der Waals surface area contributed by atoms with Gasteiger partial charge in [-0.2, -0.15) is 0 Å². The number of nitrogen functional groups attached to an aromatic ring is 2. The first-order valence-corrected chi connectivity index (χ1v) is 3.96. The van der Waals surface area contributed by atoms with Crippen molar-refractivity contribution in [2.24, 2.45) is 0 Å². The van der Waals surface area contributed by atoms with E-state index in [4.69, 9.17) is 16.2 Å². The highest BCUT2D eigenvalue weighted by molar-refractivity contribution is 5.91. The highest BCUT2D eigenvalue weighted by Gasteiger charge is 2.06. The molecule has 0 radical (unpaired) electrons. The van der Waals surface area contributed by atoms with Gasteiger partial charge in [0.05, 0.1) is 12.2 Å². The van der Waals surface area contributed by atoms with Crippen LogP contribution in [0.15, 0.2) is 18.2 Å². The molecule has 0 saturated carbocycles. The molecule has 15 heavy (non-hydrogen) atoms. The van der Waals surface area contributed by atoms with Gasteiger partial charge in [-0.1, -0.05) is 0 Å². The summed E-state index contributed by atoms with van der Waals surface area (Å²) in [6, 6.07) is 4.66. The molecule has 4 nitrogen and oxygen atoms in total. The molecule has 0 aliphatic heterocycles. The van der Waals surface area contributed by atoms with E-state index in [2.05, 4.69) is 0 Å². The van der Waals surface area contributed by atoms with Gasteiger partial charge in [0, 0.05) is 11.4 Å². The van der Waals surface area contributed by atoms with Crippen molar-refractivity contribution in [1.82, 2.24) is 0 Å². The van der Waals surface area contributed by atoms with Crippen LogP contribution in [0.5, 0.6) is 0 Å². The fourth-order valence-corrected chi connectivity index (χ4v) is 1.01. The number of halogens is 2. The highest BCUT2D eigenvalue weighted by atomic mass is 35.5. The maximum atomic E-state index is 11.2. The zero-order chi connectivity index (χ0) is 9.84. The van der Waals surface area contributed by atoms with Gasteiger partial charge in [-0.25, -0.2) is 4.79 Å². The predicted octanol–water partition coefficient (Wildman–Crippen LogP) is 1.87. The number of hydrogen-bond acceptors (Lipinski definition) is 4. The van der Waals surface area contributed by atoms with E-state index in [1.54, 1.807) is 13.0 Å². The summed E-state index contributed by atoms with van der Waals surface area (Å²) in [5, 5.41) is 0. The van der Waals surface area contributed by atoms with Gasteiger partial charge >= 0.3 is 5.97 Å². The van der Waals surface area contributed by atoms with Gasteiger partial charge in [-0.15, -0.1) is 24.8 Å². The summed E-state index contributed by atoms with van der Waals surface area (Å²) in [6.45, 7) is 2.08. The number of nitrogens with two attached hydrogens (primary N) is 2. The first kappa shape index (κ1) is 16.3. The Hall–Kier alpha value is -1.13. The molecule has 0 bridgehead atoms. The molecule has 0 atom stereocenters. The number of hydrogen-bond donors (Lipinski definition) is 2. The van der Waals surface area contributed by atoms with Crippen LogP contribution in [0.2, 0.25) is 0 Å². The second-order valence-electron chi connectivity index (χ2n) is 2.61. The van der Waals surface area contributed by atoms with Crippen LogP contribution in [0.4, 0.5) is 11.4 Å². The molecule has 0 saturated heterocycles. The zero-order valence-electron chi connectivity index (χ0n) is 8.23. The second-order valence-corrected chi connectivity index (χ2v) is 2.61. The van der Waals surface area contributed by atoms with Crippen LogP contribution < -0.4 is 11.5 Å². The summed E-state index contributed by atoms with van der Waals surface area (Å²) >= 11 is 0. The molecule has 0 amide bonds. The van der Waals surface area contributed by atoms with E-state index in [1.807, 2.05) is 0 Å². The molecule has 0 aromatic heterocycles. The maximum Gasteiger partial charge on any atom is 0.338 e. The van der Waals surface area contributed by atoms with Crippen LogP contribution in [0.3, 0.4) is 0 Å². The third-order valence-electron chi connectivity index (χ3n) is 1.49. The van der Waals surface area contributed by atoms with Crippen LogP contribution >= 0.6 is 24.8 Å². The van der Waals surface area contributed by atoms with Crippen molar-refractivity contribution in [3.63, 3.8) is 0 Å². The van der Waals surface area contributed by atoms with Gasteiger partial charge in [0.15, 0.2) is 0 Å². The fraction of sp³-hybridized carbons (Fsp3) is 0.222. The molecule has 86 valence electrons. The number of rotatable bonds is 2. The lowest BCUT2D eigenvalue weighted by Gasteiger charge is -2.03. The van der Waals surface area contributed by atoms with Crippen LogP contribution in [0.25, 0.3) is 0 Å². The third-order valence-corrected chi connectivity index (χ3v) is 1.49. The molecule has 0 aliphatic carbocycles. The van der Waals surface area contributed by atoms with E-state index in [1.165, 1.54) is 12.1 Å². The minimum atomic E-state index is -0.401. The van der Waals surface area contributed by atoms with Crippen molar-refractivity contribution < 1.29 is 9.53 Å². The van der Waals surface area contributed by atoms with E-state index in [0.29, 0.717) is 23.5 Å². The molecule has 0 heterocycles. The molecular weight excluding hydrogens is 239 g/mol. The molecule has 0 aliphatic rings. The summed E-state index contributed by atoms with van der Waals surface area (Å²) < 4.78 is 4.79. The Morgan fingerprint density at radius 1 is 1.20 bits per heavy atom. The molecule has 0 spiro atoms. The van der Waals surface area contributed by atoms with Crippen LogP contribution in [0, 0.1) is 0 Å². The topological polar surface area (TPSA) is 78.3 Å². The summed E-state index contributed by atoms with van der Waals surface area (Å²) in [4.78, 5) is 11.2. The largest absolute Gasteiger partial charge is 0.462 e. The predicted molar refractivity (Wildman–Crippen MR) is 65.7 cm³/mol. The number of esters is 1. The van der Waals surface area contributed by atoms with E-state index in [0.717, 1.165) is 0 Å². The molecule has 0 fully saturated rings. The second kappa shape index (κ2) is 7.20. The normalized spacial score (nSPS) is 8.33. The number of benzene rings is 1. The smallest absolute Gasteiger partial charge is 0.338 e. The maximum absolute atomic E-state index is 11.2. The quantitative estimate of drug-likeness (QED) is 0.623. The van der Waals surface area contributed by atoms with E-state index in [9.17, 15) is 4.79 Å². The van der Waals surface area contributed by atoms with Gasteiger partial charge in [0.1, 0.15) is 0 Å². The average molecular weight is 253 g/mol. The number of anilines is 2.